The summed E-state index contributed by atoms with van der Waals surface area (Å²) >= 11 is 6.72. The van der Waals surface area contributed by atoms with E-state index in [1.54, 1.807) is 23.1 Å². The number of carbonyl (C=O) groups is 1. The van der Waals surface area contributed by atoms with Gasteiger partial charge < -0.3 is 4.90 Å². The molecule has 1 aliphatic rings. The van der Waals surface area contributed by atoms with Crippen molar-refractivity contribution in [3.63, 3.8) is 0 Å². The Bertz CT molecular complexity index is 950. The van der Waals surface area contributed by atoms with Crippen LogP contribution < -0.4 is 4.72 Å². The molecule has 3 rings (SSSR count). The predicted molar refractivity (Wildman–Crippen MR) is 94.6 cm³/mol. The third kappa shape index (κ3) is 4.02. The van der Waals surface area contributed by atoms with Gasteiger partial charge in [0.25, 0.3) is 10.0 Å². The zero-order valence-electron chi connectivity index (χ0n) is 13.0. The van der Waals surface area contributed by atoms with Gasteiger partial charge in [0.05, 0.1) is 16.0 Å². The Morgan fingerprint density at radius 1 is 1.36 bits per heavy atom. The van der Waals surface area contributed by atoms with Crippen molar-refractivity contribution in [2.24, 2.45) is 0 Å². The number of benzene rings is 1. The van der Waals surface area contributed by atoms with Crippen LogP contribution in [0.2, 0.25) is 4.34 Å². The van der Waals surface area contributed by atoms with Crippen molar-refractivity contribution >= 4 is 38.9 Å². The van der Waals surface area contributed by atoms with Crippen LogP contribution in [0.3, 0.4) is 0 Å². The highest BCUT2D eigenvalue weighted by atomic mass is 35.5. The highest BCUT2D eigenvalue weighted by Crippen LogP contribution is 2.26. The number of sulfonamides is 1. The average Bonchev–Trinajstić information content (AvgIpc) is 3.16. The number of halogens is 1. The third-order valence-corrected chi connectivity index (χ3v) is 7.03. The van der Waals surface area contributed by atoms with Gasteiger partial charge in [-0.25, -0.2) is 8.42 Å². The number of amides is 1. The molecule has 1 fully saturated rings. The zero-order valence-corrected chi connectivity index (χ0v) is 15.4. The number of thiophene rings is 1. The molecule has 2 aromatic rings. The van der Waals surface area contributed by atoms with Gasteiger partial charge in [-0.2, -0.15) is 9.98 Å². The first-order chi connectivity index (χ1) is 11.9. The molecule has 25 heavy (non-hydrogen) atoms. The van der Waals surface area contributed by atoms with Crippen molar-refractivity contribution in [3.05, 3.63) is 51.9 Å². The van der Waals surface area contributed by atoms with Gasteiger partial charge in [-0.05, 0) is 36.2 Å². The molecule has 0 radical (unpaired) electrons. The molecular weight excluding hydrogens is 382 g/mol. The molecule has 0 aliphatic carbocycles. The number of rotatable bonds is 5. The number of likely N-dealkylation sites (tertiary alicyclic amines) is 1. The molecular formula is C16H14ClN3O3S2. The molecule has 1 N–H and O–H groups in total. The van der Waals surface area contributed by atoms with E-state index in [-0.39, 0.29) is 10.1 Å². The van der Waals surface area contributed by atoms with Gasteiger partial charge in [0.2, 0.25) is 5.91 Å². The van der Waals surface area contributed by atoms with E-state index >= 15 is 0 Å². The summed E-state index contributed by atoms with van der Waals surface area (Å²) in [6.07, 6.45) is 0.398. The van der Waals surface area contributed by atoms with Gasteiger partial charge >= 0.3 is 0 Å². The third-order valence-electron chi connectivity index (χ3n) is 3.84. The maximum Gasteiger partial charge on any atom is 0.250 e. The van der Waals surface area contributed by atoms with E-state index in [4.69, 9.17) is 16.9 Å². The molecule has 1 aromatic carbocycles. The Kier molecular flexibility index (Phi) is 5.11. The first kappa shape index (κ1) is 17.9. The van der Waals surface area contributed by atoms with E-state index in [2.05, 4.69) is 10.8 Å². The second kappa shape index (κ2) is 7.14. The fourth-order valence-electron chi connectivity index (χ4n) is 2.65. The SMILES string of the molecule is N#Cc1cccc(CN2CC[C@H](NS(=O)(=O)c3ccc(Cl)s3)C2=O)c1. The molecule has 130 valence electrons. The van der Waals surface area contributed by atoms with E-state index in [9.17, 15) is 13.2 Å². The minimum absolute atomic E-state index is 0.0884. The van der Waals surface area contributed by atoms with Gasteiger partial charge in [0.1, 0.15) is 10.3 Å². The van der Waals surface area contributed by atoms with Crippen LogP contribution in [0.25, 0.3) is 0 Å². The molecule has 6 nitrogen and oxygen atoms in total. The molecule has 1 saturated heterocycles. The van der Waals surface area contributed by atoms with Crippen LogP contribution in [0.5, 0.6) is 0 Å². The Morgan fingerprint density at radius 2 is 2.16 bits per heavy atom. The van der Waals surface area contributed by atoms with Gasteiger partial charge in [-0.1, -0.05) is 23.7 Å². The predicted octanol–water partition coefficient (Wildman–Crippen LogP) is 2.35. The number of carbonyl (C=O) groups excluding carboxylic acids is 1. The Labute approximate surface area is 154 Å². The van der Waals surface area contributed by atoms with Crippen LogP contribution in [0.15, 0.2) is 40.6 Å². The summed E-state index contributed by atoms with van der Waals surface area (Å²) in [7, 11) is -3.77. The van der Waals surface area contributed by atoms with Gasteiger partial charge in [0, 0.05) is 13.1 Å². The van der Waals surface area contributed by atoms with Crippen LogP contribution in [0.1, 0.15) is 17.5 Å². The summed E-state index contributed by atoms with van der Waals surface area (Å²) < 4.78 is 27.6. The molecule has 0 saturated carbocycles. The number of nitrogens with zero attached hydrogens (tertiary/aromatic N) is 2. The maximum absolute atomic E-state index is 12.5. The average molecular weight is 396 g/mol. The fraction of sp³-hybridized carbons (Fsp3) is 0.250. The van der Waals surface area contributed by atoms with Crippen molar-refractivity contribution in [2.75, 3.05) is 6.54 Å². The second-order valence-corrected chi connectivity index (χ2v) is 9.25. The molecule has 1 aromatic heterocycles. The first-order valence-electron chi connectivity index (χ1n) is 7.44. The summed E-state index contributed by atoms with van der Waals surface area (Å²) in [6, 6.07) is 11.2. The van der Waals surface area contributed by atoms with Gasteiger partial charge in [0.15, 0.2) is 0 Å². The minimum atomic E-state index is -3.77. The monoisotopic (exact) mass is 395 g/mol. The minimum Gasteiger partial charge on any atom is -0.337 e. The highest BCUT2D eigenvalue weighted by Gasteiger charge is 2.35. The summed E-state index contributed by atoms with van der Waals surface area (Å²) in [6.45, 7) is 0.797. The van der Waals surface area contributed by atoms with Gasteiger partial charge in [-0.15, -0.1) is 11.3 Å². The molecule has 1 atom stereocenters. The van der Waals surface area contributed by atoms with E-state index in [1.165, 1.54) is 12.1 Å². The lowest BCUT2D eigenvalue weighted by atomic mass is 10.1. The lowest BCUT2D eigenvalue weighted by molar-refractivity contribution is -0.129. The van der Waals surface area contributed by atoms with Crippen LogP contribution in [-0.4, -0.2) is 31.8 Å². The lowest BCUT2D eigenvalue weighted by Gasteiger charge is -2.17. The molecule has 9 heteroatoms. The van der Waals surface area contributed by atoms with Crippen LogP contribution in [-0.2, 0) is 21.4 Å². The van der Waals surface area contributed by atoms with E-state index in [1.807, 2.05) is 6.07 Å². The summed E-state index contributed by atoms with van der Waals surface area (Å²) in [4.78, 5) is 14.1. The molecule has 2 heterocycles. The van der Waals surface area contributed by atoms with E-state index in [0.29, 0.717) is 29.4 Å². The summed E-state index contributed by atoms with van der Waals surface area (Å²) in [5.74, 6) is -0.270. The fourth-order valence-corrected chi connectivity index (χ4v) is 5.38. The van der Waals surface area contributed by atoms with Crippen LogP contribution >= 0.6 is 22.9 Å². The normalized spacial score (nSPS) is 17.7. The summed E-state index contributed by atoms with van der Waals surface area (Å²) in [5, 5.41) is 8.94. The Morgan fingerprint density at radius 3 is 2.84 bits per heavy atom. The molecule has 0 unspecified atom stereocenters. The molecule has 1 amide bonds. The number of hydrogen-bond donors (Lipinski definition) is 1. The quantitative estimate of drug-likeness (QED) is 0.841. The number of nitrogens with one attached hydrogen (secondary N) is 1. The van der Waals surface area contributed by atoms with E-state index < -0.39 is 16.1 Å². The summed E-state index contributed by atoms with van der Waals surface area (Å²) in [5.41, 5.74) is 1.36. The molecule has 0 spiro atoms. The largest absolute Gasteiger partial charge is 0.337 e. The van der Waals surface area contributed by atoms with Crippen molar-refractivity contribution < 1.29 is 13.2 Å². The van der Waals surface area contributed by atoms with Crippen molar-refractivity contribution in [2.45, 2.75) is 23.2 Å². The van der Waals surface area contributed by atoms with Crippen LogP contribution in [0.4, 0.5) is 0 Å². The number of nitriles is 1. The highest BCUT2D eigenvalue weighted by molar-refractivity contribution is 7.91. The van der Waals surface area contributed by atoms with Crippen LogP contribution in [0, 0.1) is 11.3 Å². The van der Waals surface area contributed by atoms with Crippen molar-refractivity contribution in [1.29, 1.82) is 5.26 Å². The van der Waals surface area contributed by atoms with Crippen molar-refractivity contribution in [1.82, 2.24) is 9.62 Å². The zero-order chi connectivity index (χ0) is 18.0. The first-order valence-corrected chi connectivity index (χ1v) is 10.1. The topological polar surface area (TPSA) is 90.3 Å². The second-order valence-electron chi connectivity index (χ2n) is 5.59. The Hall–Kier alpha value is -1.92. The van der Waals surface area contributed by atoms with E-state index in [0.717, 1.165) is 16.9 Å². The molecule has 0 bridgehead atoms. The van der Waals surface area contributed by atoms with Gasteiger partial charge in [-0.3, -0.25) is 4.79 Å². The lowest BCUT2D eigenvalue weighted by Crippen LogP contribution is -2.41. The standard InChI is InChI=1S/C16H14ClN3O3S2/c17-14-4-5-15(24-14)25(22,23)19-13-6-7-20(16(13)21)10-12-3-1-2-11(8-12)9-18/h1-5,8,13,19H,6-7,10H2/t13-/m0/s1. The number of hydrogen-bond acceptors (Lipinski definition) is 5. The smallest absolute Gasteiger partial charge is 0.250 e. The molecule has 1 aliphatic heterocycles. The maximum atomic E-state index is 12.5. The Balaban J connectivity index is 1.68. The van der Waals surface area contributed by atoms with Crippen molar-refractivity contribution in [3.8, 4) is 6.07 Å².